The summed E-state index contributed by atoms with van der Waals surface area (Å²) in [4.78, 5) is 14.3. The van der Waals surface area contributed by atoms with Gasteiger partial charge < -0.3 is 4.90 Å². The highest BCUT2D eigenvalue weighted by Crippen LogP contribution is 2.22. The normalized spacial score (nSPS) is 11.3. The number of carbonyl (C=O) groups excluding carboxylic acids is 1. The van der Waals surface area contributed by atoms with Crippen molar-refractivity contribution in [2.45, 2.75) is 39.7 Å². The molecule has 0 saturated carbocycles. The minimum absolute atomic E-state index is 0.0565. The van der Waals surface area contributed by atoms with Crippen LogP contribution in [-0.4, -0.2) is 17.9 Å². The van der Waals surface area contributed by atoms with Crippen molar-refractivity contribution in [3.63, 3.8) is 0 Å². The van der Waals surface area contributed by atoms with Gasteiger partial charge in [-0.2, -0.15) is 0 Å². The monoisotopic (exact) mass is 295 g/mol. The molecule has 0 unspecified atom stereocenters. The summed E-state index contributed by atoms with van der Waals surface area (Å²) in [5.41, 5.74) is 4.46. The van der Waals surface area contributed by atoms with E-state index in [4.69, 9.17) is 0 Å². The number of aryl methyl sites for hydroxylation is 1. The number of carbonyl (C=O) groups is 1. The van der Waals surface area contributed by atoms with Crippen LogP contribution in [0.3, 0.4) is 0 Å². The first-order chi connectivity index (χ1) is 10.3. The molecule has 0 N–H and O–H groups in total. The third-order valence-electron chi connectivity index (χ3n) is 3.88. The van der Waals surface area contributed by atoms with Crippen LogP contribution < -0.4 is 0 Å². The van der Waals surface area contributed by atoms with Crippen molar-refractivity contribution in [1.82, 2.24) is 4.90 Å². The predicted molar refractivity (Wildman–Crippen MR) is 92.1 cm³/mol. The minimum Gasteiger partial charge on any atom is -0.337 e. The van der Waals surface area contributed by atoms with E-state index >= 15 is 0 Å². The second-order valence-corrected chi connectivity index (χ2v) is 6.97. The molecule has 116 valence electrons. The molecular weight excluding hydrogens is 270 g/mol. The first-order valence-electron chi connectivity index (χ1n) is 7.69. The quantitative estimate of drug-likeness (QED) is 0.812. The maximum Gasteiger partial charge on any atom is 0.253 e. The van der Waals surface area contributed by atoms with Gasteiger partial charge in [0.15, 0.2) is 0 Å². The van der Waals surface area contributed by atoms with E-state index in [9.17, 15) is 4.79 Å². The SMILES string of the molecule is Cc1ccc(CN(C)C(=O)c2ccc(C(C)(C)C)cc2)cc1. The molecule has 2 aromatic rings. The molecule has 0 atom stereocenters. The molecule has 0 aliphatic heterocycles. The summed E-state index contributed by atoms with van der Waals surface area (Å²) in [6.07, 6.45) is 0. The zero-order valence-corrected chi connectivity index (χ0v) is 14.2. The van der Waals surface area contributed by atoms with Gasteiger partial charge in [0.2, 0.25) is 0 Å². The fourth-order valence-corrected chi connectivity index (χ4v) is 2.37. The first kappa shape index (κ1) is 16.3. The van der Waals surface area contributed by atoms with Gasteiger partial charge in [-0.05, 0) is 35.6 Å². The number of nitrogens with zero attached hydrogens (tertiary/aromatic N) is 1. The van der Waals surface area contributed by atoms with E-state index in [1.54, 1.807) is 4.90 Å². The molecule has 0 saturated heterocycles. The third kappa shape index (κ3) is 3.97. The lowest BCUT2D eigenvalue weighted by Gasteiger charge is -2.21. The highest BCUT2D eigenvalue weighted by atomic mass is 16.2. The number of amides is 1. The van der Waals surface area contributed by atoms with Gasteiger partial charge in [0.25, 0.3) is 5.91 Å². The van der Waals surface area contributed by atoms with E-state index in [-0.39, 0.29) is 11.3 Å². The molecule has 0 heterocycles. The van der Waals surface area contributed by atoms with Gasteiger partial charge in [-0.1, -0.05) is 62.7 Å². The predicted octanol–water partition coefficient (Wildman–Crippen LogP) is 4.56. The van der Waals surface area contributed by atoms with E-state index in [0.29, 0.717) is 6.54 Å². The van der Waals surface area contributed by atoms with Crippen LogP contribution in [0, 0.1) is 6.92 Å². The average Bonchev–Trinajstić information content (AvgIpc) is 2.48. The Morgan fingerprint density at radius 3 is 2.00 bits per heavy atom. The lowest BCUT2D eigenvalue weighted by atomic mass is 9.86. The topological polar surface area (TPSA) is 20.3 Å². The van der Waals surface area contributed by atoms with Crippen LogP contribution in [0.15, 0.2) is 48.5 Å². The fraction of sp³-hybridized carbons (Fsp3) is 0.350. The third-order valence-corrected chi connectivity index (χ3v) is 3.88. The number of hydrogen-bond donors (Lipinski definition) is 0. The van der Waals surface area contributed by atoms with Crippen molar-refractivity contribution in [1.29, 1.82) is 0 Å². The zero-order valence-electron chi connectivity index (χ0n) is 14.2. The minimum atomic E-state index is 0.0565. The smallest absolute Gasteiger partial charge is 0.253 e. The van der Waals surface area contributed by atoms with Crippen LogP contribution in [0.25, 0.3) is 0 Å². The molecule has 0 aliphatic rings. The molecule has 2 rings (SSSR count). The summed E-state index contributed by atoms with van der Waals surface area (Å²) in [6, 6.07) is 16.2. The lowest BCUT2D eigenvalue weighted by Crippen LogP contribution is -2.26. The number of rotatable bonds is 3. The highest BCUT2D eigenvalue weighted by Gasteiger charge is 2.16. The summed E-state index contributed by atoms with van der Waals surface area (Å²) in [6.45, 7) is 9.21. The van der Waals surface area contributed by atoms with E-state index in [0.717, 1.165) is 11.1 Å². The van der Waals surface area contributed by atoms with E-state index in [1.807, 2.05) is 31.3 Å². The maximum absolute atomic E-state index is 12.5. The maximum atomic E-state index is 12.5. The Morgan fingerprint density at radius 1 is 0.955 bits per heavy atom. The largest absolute Gasteiger partial charge is 0.337 e. The van der Waals surface area contributed by atoms with Crippen molar-refractivity contribution in [2.75, 3.05) is 7.05 Å². The molecule has 0 aromatic heterocycles. The molecule has 2 nitrogen and oxygen atoms in total. The molecule has 0 radical (unpaired) electrons. The van der Waals surface area contributed by atoms with Crippen molar-refractivity contribution in [3.05, 3.63) is 70.8 Å². The van der Waals surface area contributed by atoms with Crippen LogP contribution in [0.2, 0.25) is 0 Å². The molecule has 0 fully saturated rings. The molecule has 22 heavy (non-hydrogen) atoms. The molecule has 1 amide bonds. The summed E-state index contributed by atoms with van der Waals surface area (Å²) in [7, 11) is 1.85. The van der Waals surface area contributed by atoms with Gasteiger partial charge in [0, 0.05) is 19.2 Å². The van der Waals surface area contributed by atoms with Gasteiger partial charge in [-0.3, -0.25) is 4.79 Å². The lowest BCUT2D eigenvalue weighted by molar-refractivity contribution is 0.0785. The molecule has 2 aromatic carbocycles. The van der Waals surface area contributed by atoms with Gasteiger partial charge in [0.05, 0.1) is 0 Å². The standard InChI is InChI=1S/C20H25NO/c1-15-6-8-16(9-7-15)14-21(5)19(22)17-10-12-18(13-11-17)20(2,3)4/h6-13H,14H2,1-5H3. The van der Waals surface area contributed by atoms with Crippen LogP contribution in [0.1, 0.15) is 47.8 Å². The summed E-state index contributed by atoms with van der Waals surface area (Å²) >= 11 is 0. The first-order valence-corrected chi connectivity index (χ1v) is 7.69. The van der Waals surface area contributed by atoms with Gasteiger partial charge in [-0.25, -0.2) is 0 Å². The van der Waals surface area contributed by atoms with E-state index in [1.165, 1.54) is 11.1 Å². The zero-order chi connectivity index (χ0) is 16.3. The van der Waals surface area contributed by atoms with Crippen molar-refractivity contribution in [2.24, 2.45) is 0 Å². The van der Waals surface area contributed by atoms with Crippen molar-refractivity contribution >= 4 is 5.91 Å². The Bertz CT molecular complexity index is 633. The van der Waals surface area contributed by atoms with Crippen LogP contribution in [-0.2, 0) is 12.0 Å². The van der Waals surface area contributed by atoms with Crippen LogP contribution >= 0.6 is 0 Å². The fourth-order valence-electron chi connectivity index (χ4n) is 2.37. The summed E-state index contributed by atoms with van der Waals surface area (Å²) in [5, 5.41) is 0. The van der Waals surface area contributed by atoms with Gasteiger partial charge in [-0.15, -0.1) is 0 Å². The van der Waals surface area contributed by atoms with E-state index < -0.39 is 0 Å². The second-order valence-electron chi connectivity index (χ2n) is 6.97. The van der Waals surface area contributed by atoms with Gasteiger partial charge >= 0.3 is 0 Å². The Kier molecular flexibility index (Phi) is 4.70. The molecule has 0 aliphatic carbocycles. The number of hydrogen-bond acceptors (Lipinski definition) is 1. The number of benzene rings is 2. The van der Waals surface area contributed by atoms with Crippen molar-refractivity contribution in [3.8, 4) is 0 Å². The van der Waals surface area contributed by atoms with Gasteiger partial charge in [0.1, 0.15) is 0 Å². The van der Waals surface area contributed by atoms with Crippen LogP contribution in [0.5, 0.6) is 0 Å². The Labute approximate surface area is 133 Å². The molecule has 2 heteroatoms. The van der Waals surface area contributed by atoms with Crippen molar-refractivity contribution < 1.29 is 4.79 Å². The average molecular weight is 295 g/mol. The Hall–Kier alpha value is -2.09. The Balaban J connectivity index is 2.08. The Morgan fingerprint density at radius 2 is 1.50 bits per heavy atom. The van der Waals surface area contributed by atoms with E-state index in [2.05, 4.69) is 52.0 Å². The molecule has 0 bridgehead atoms. The summed E-state index contributed by atoms with van der Waals surface area (Å²) in [5.74, 6) is 0.0565. The second kappa shape index (κ2) is 6.35. The molecular formula is C20H25NO. The summed E-state index contributed by atoms with van der Waals surface area (Å²) < 4.78 is 0. The van der Waals surface area contributed by atoms with Crippen LogP contribution in [0.4, 0.5) is 0 Å². The highest BCUT2D eigenvalue weighted by molar-refractivity contribution is 5.94. The molecule has 0 spiro atoms.